The zero-order chi connectivity index (χ0) is 17.4. The first-order chi connectivity index (χ1) is 11.6. The molecule has 2 aromatic rings. The van der Waals surface area contributed by atoms with Crippen LogP contribution in [0.5, 0.6) is 0 Å². The number of aliphatic hydroxyl groups is 1. The van der Waals surface area contributed by atoms with Gasteiger partial charge < -0.3 is 20.3 Å². The fourth-order valence-electron chi connectivity index (χ4n) is 2.23. The largest absolute Gasteiger partial charge is 0.392 e. The molecule has 0 atom stereocenters. The second-order valence-electron chi connectivity index (χ2n) is 5.85. The van der Waals surface area contributed by atoms with Crippen LogP contribution in [0.15, 0.2) is 39.8 Å². The van der Waals surface area contributed by atoms with Gasteiger partial charge in [-0.15, -0.1) is 0 Å². The molecule has 2 rings (SSSR count). The van der Waals surface area contributed by atoms with E-state index in [-0.39, 0.29) is 6.61 Å². The van der Waals surface area contributed by atoms with Crippen LogP contribution in [-0.4, -0.2) is 22.8 Å². The van der Waals surface area contributed by atoms with Crippen LogP contribution in [-0.2, 0) is 19.7 Å². The Hall–Kier alpha value is -2.34. The highest BCUT2D eigenvalue weighted by Gasteiger charge is 2.08. The molecule has 0 bridgehead atoms. The van der Waals surface area contributed by atoms with Crippen LogP contribution >= 0.6 is 0 Å². The van der Waals surface area contributed by atoms with Gasteiger partial charge in [-0.2, -0.15) is 0 Å². The number of hydrogen-bond acceptors (Lipinski definition) is 4. The van der Waals surface area contributed by atoms with E-state index in [9.17, 15) is 5.11 Å². The summed E-state index contributed by atoms with van der Waals surface area (Å²) < 4.78 is 5.33. The molecule has 3 N–H and O–H groups in total. The summed E-state index contributed by atoms with van der Waals surface area (Å²) in [5.41, 5.74) is 2.86. The lowest BCUT2D eigenvalue weighted by Crippen LogP contribution is -2.36. The Morgan fingerprint density at radius 2 is 2.00 bits per heavy atom. The Bertz CT molecular complexity index is 665. The normalized spacial score (nSPS) is 11.8. The molecule has 0 spiro atoms. The van der Waals surface area contributed by atoms with Gasteiger partial charge in [-0.05, 0) is 24.0 Å². The SMILES string of the molecule is CCNC(=NCc1ccccc1CO)NCc1cc(C(C)C)no1. The Kier molecular flexibility index (Phi) is 6.81. The van der Waals surface area contributed by atoms with Gasteiger partial charge in [0.15, 0.2) is 11.7 Å². The topological polar surface area (TPSA) is 82.7 Å². The van der Waals surface area contributed by atoms with Crippen molar-refractivity contribution in [3.63, 3.8) is 0 Å². The van der Waals surface area contributed by atoms with E-state index in [4.69, 9.17) is 4.52 Å². The summed E-state index contributed by atoms with van der Waals surface area (Å²) in [7, 11) is 0. The highest BCUT2D eigenvalue weighted by Crippen LogP contribution is 2.14. The number of benzene rings is 1. The zero-order valence-corrected chi connectivity index (χ0v) is 14.5. The van der Waals surface area contributed by atoms with Crippen LogP contribution in [0.1, 0.15) is 49.3 Å². The molecule has 0 amide bonds. The van der Waals surface area contributed by atoms with Crippen LogP contribution in [0.2, 0.25) is 0 Å². The number of aliphatic imine (C=N–C) groups is 1. The molecule has 24 heavy (non-hydrogen) atoms. The second kappa shape index (κ2) is 9.08. The number of guanidine groups is 1. The van der Waals surface area contributed by atoms with E-state index < -0.39 is 0 Å². The fourth-order valence-corrected chi connectivity index (χ4v) is 2.23. The first kappa shape index (κ1) is 18.0. The zero-order valence-electron chi connectivity index (χ0n) is 14.5. The average molecular weight is 330 g/mol. The monoisotopic (exact) mass is 330 g/mol. The van der Waals surface area contributed by atoms with Crippen molar-refractivity contribution in [1.29, 1.82) is 0 Å². The van der Waals surface area contributed by atoms with Crippen molar-refractivity contribution in [2.24, 2.45) is 4.99 Å². The minimum atomic E-state index is 0.0195. The molecule has 0 aliphatic carbocycles. The van der Waals surface area contributed by atoms with E-state index in [1.54, 1.807) is 0 Å². The van der Waals surface area contributed by atoms with Crippen molar-refractivity contribution in [2.45, 2.75) is 46.4 Å². The molecule has 1 heterocycles. The van der Waals surface area contributed by atoms with Crippen LogP contribution in [0, 0.1) is 0 Å². The first-order valence-electron chi connectivity index (χ1n) is 8.29. The molecule has 0 aliphatic heterocycles. The first-order valence-corrected chi connectivity index (χ1v) is 8.29. The summed E-state index contributed by atoms with van der Waals surface area (Å²) in [5.74, 6) is 1.83. The Balaban J connectivity index is 1.99. The standard InChI is InChI=1S/C18H26N4O2/c1-4-19-18(20-10-14-7-5-6-8-15(14)12-23)21-11-16-9-17(13(2)3)22-24-16/h5-9,13,23H,4,10-12H2,1-3H3,(H2,19,20,21). The number of aromatic nitrogens is 1. The summed E-state index contributed by atoms with van der Waals surface area (Å²) in [5, 5.41) is 19.9. The maximum absolute atomic E-state index is 9.39. The number of nitrogens with zero attached hydrogens (tertiary/aromatic N) is 2. The smallest absolute Gasteiger partial charge is 0.191 e. The van der Waals surface area contributed by atoms with Gasteiger partial charge in [-0.1, -0.05) is 43.3 Å². The third-order valence-corrected chi connectivity index (χ3v) is 3.64. The molecule has 1 aromatic heterocycles. The number of aliphatic hydroxyl groups excluding tert-OH is 1. The predicted molar refractivity (Wildman–Crippen MR) is 94.6 cm³/mol. The van der Waals surface area contributed by atoms with Crippen LogP contribution in [0.3, 0.4) is 0 Å². The molecule has 0 unspecified atom stereocenters. The number of nitrogens with one attached hydrogen (secondary N) is 2. The van der Waals surface area contributed by atoms with E-state index in [1.807, 2.05) is 37.3 Å². The van der Waals surface area contributed by atoms with Crippen molar-refractivity contribution in [2.75, 3.05) is 6.54 Å². The quantitative estimate of drug-likeness (QED) is 0.537. The summed E-state index contributed by atoms with van der Waals surface area (Å²) in [6.07, 6.45) is 0. The van der Waals surface area contributed by atoms with Crippen LogP contribution in [0.25, 0.3) is 0 Å². The molecular formula is C18H26N4O2. The van der Waals surface area contributed by atoms with Crippen molar-refractivity contribution in [1.82, 2.24) is 15.8 Å². The van der Waals surface area contributed by atoms with E-state index in [1.165, 1.54) is 0 Å². The Morgan fingerprint density at radius 3 is 2.62 bits per heavy atom. The fraction of sp³-hybridized carbons (Fsp3) is 0.444. The molecule has 0 saturated heterocycles. The second-order valence-corrected chi connectivity index (χ2v) is 5.85. The van der Waals surface area contributed by atoms with Gasteiger partial charge in [0.2, 0.25) is 0 Å². The van der Waals surface area contributed by atoms with E-state index in [2.05, 4.69) is 34.6 Å². The van der Waals surface area contributed by atoms with Gasteiger partial charge in [-0.3, -0.25) is 0 Å². The molecule has 0 fully saturated rings. The van der Waals surface area contributed by atoms with Crippen molar-refractivity contribution in [3.05, 3.63) is 52.9 Å². The molecule has 6 nitrogen and oxygen atoms in total. The Morgan fingerprint density at radius 1 is 1.25 bits per heavy atom. The minimum absolute atomic E-state index is 0.0195. The lowest BCUT2D eigenvalue weighted by Gasteiger charge is -2.11. The average Bonchev–Trinajstić information content (AvgIpc) is 3.07. The summed E-state index contributed by atoms with van der Waals surface area (Å²) in [6.45, 7) is 7.99. The van der Waals surface area contributed by atoms with E-state index in [0.29, 0.717) is 25.0 Å². The Labute approximate surface area is 143 Å². The van der Waals surface area contributed by atoms with Crippen LogP contribution in [0.4, 0.5) is 0 Å². The summed E-state index contributed by atoms with van der Waals surface area (Å²) in [4.78, 5) is 4.57. The lowest BCUT2D eigenvalue weighted by molar-refractivity contribution is 0.280. The highest BCUT2D eigenvalue weighted by molar-refractivity contribution is 5.79. The minimum Gasteiger partial charge on any atom is -0.392 e. The van der Waals surface area contributed by atoms with Gasteiger partial charge in [0.25, 0.3) is 0 Å². The van der Waals surface area contributed by atoms with Gasteiger partial charge in [0.1, 0.15) is 0 Å². The lowest BCUT2D eigenvalue weighted by atomic mass is 10.1. The number of rotatable bonds is 7. The molecular weight excluding hydrogens is 304 g/mol. The summed E-state index contributed by atoms with van der Waals surface area (Å²) >= 11 is 0. The van der Waals surface area contributed by atoms with E-state index in [0.717, 1.165) is 29.1 Å². The third kappa shape index (κ3) is 5.09. The molecule has 130 valence electrons. The van der Waals surface area contributed by atoms with Crippen molar-refractivity contribution < 1.29 is 9.63 Å². The maximum Gasteiger partial charge on any atom is 0.191 e. The van der Waals surface area contributed by atoms with Gasteiger partial charge in [0, 0.05) is 12.6 Å². The molecule has 0 aliphatic rings. The van der Waals surface area contributed by atoms with Crippen LogP contribution < -0.4 is 10.6 Å². The maximum atomic E-state index is 9.39. The number of hydrogen-bond donors (Lipinski definition) is 3. The van der Waals surface area contributed by atoms with Gasteiger partial charge in [0.05, 0.1) is 25.4 Å². The predicted octanol–water partition coefficient (Wildman–Crippen LogP) is 2.55. The molecule has 0 saturated carbocycles. The van der Waals surface area contributed by atoms with E-state index >= 15 is 0 Å². The molecule has 1 aromatic carbocycles. The molecule has 0 radical (unpaired) electrons. The molecule has 6 heteroatoms. The van der Waals surface area contributed by atoms with Gasteiger partial charge >= 0.3 is 0 Å². The van der Waals surface area contributed by atoms with Crippen molar-refractivity contribution >= 4 is 5.96 Å². The summed E-state index contributed by atoms with van der Waals surface area (Å²) in [6, 6.07) is 9.71. The third-order valence-electron chi connectivity index (χ3n) is 3.64. The van der Waals surface area contributed by atoms with Crippen molar-refractivity contribution in [3.8, 4) is 0 Å². The van der Waals surface area contributed by atoms with Gasteiger partial charge in [-0.25, -0.2) is 4.99 Å². The highest BCUT2D eigenvalue weighted by atomic mass is 16.5.